The molecule has 0 unspecified atom stereocenters. The molecule has 1 N–H and O–H groups in total. The van der Waals surface area contributed by atoms with Crippen molar-refractivity contribution in [2.45, 2.75) is 0 Å². The van der Waals surface area contributed by atoms with Gasteiger partial charge in [0, 0.05) is 24.7 Å². The predicted octanol–water partition coefficient (Wildman–Crippen LogP) is 2.11. The first-order valence-electron chi connectivity index (χ1n) is 5.29. The van der Waals surface area contributed by atoms with Crippen LogP contribution in [0.5, 0.6) is 0 Å². The molecule has 0 aliphatic carbocycles. The number of benzene rings is 1. The summed E-state index contributed by atoms with van der Waals surface area (Å²) in [6, 6.07) is 9.77. The molecule has 2 heterocycles. The Hall–Kier alpha value is -2.43. The molecule has 0 bridgehead atoms. The van der Waals surface area contributed by atoms with Gasteiger partial charge in [-0.25, -0.2) is 9.97 Å². The molecule has 2 aromatic heterocycles. The zero-order valence-corrected chi connectivity index (χ0v) is 9.33. The molecular weight excluding hydrogens is 214 g/mol. The molecule has 0 atom stereocenters. The van der Waals surface area contributed by atoms with E-state index in [2.05, 4.69) is 20.4 Å². The molecule has 1 aromatic carbocycles. The van der Waals surface area contributed by atoms with Crippen LogP contribution in [-0.4, -0.2) is 19.7 Å². The third-order valence-electron chi connectivity index (χ3n) is 2.50. The zero-order chi connectivity index (χ0) is 11.7. The van der Waals surface area contributed by atoms with Gasteiger partial charge in [-0.3, -0.25) is 4.68 Å². The summed E-state index contributed by atoms with van der Waals surface area (Å²) in [5, 5.41) is 8.43. The number of aryl methyl sites for hydroxylation is 1. The highest BCUT2D eigenvalue weighted by molar-refractivity contribution is 5.90. The van der Waals surface area contributed by atoms with Crippen LogP contribution in [-0.2, 0) is 7.05 Å². The summed E-state index contributed by atoms with van der Waals surface area (Å²) in [5.41, 5.74) is 0.918. The van der Waals surface area contributed by atoms with Gasteiger partial charge in [-0.15, -0.1) is 0 Å². The van der Waals surface area contributed by atoms with Crippen LogP contribution in [0.1, 0.15) is 0 Å². The lowest BCUT2D eigenvalue weighted by Crippen LogP contribution is -1.97. The molecule has 0 saturated carbocycles. The van der Waals surface area contributed by atoms with Crippen LogP contribution in [0, 0.1) is 0 Å². The van der Waals surface area contributed by atoms with Gasteiger partial charge in [0.2, 0.25) is 0 Å². The number of anilines is 2. The van der Waals surface area contributed by atoms with Crippen molar-refractivity contribution in [3.63, 3.8) is 0 Å². The first-order valence-corrected chi connectivity index (χ1v) is 5.29. The van der Waals surface area contributed by atoms with Gasteiger partial charge in [-0.05, 0) is 12.1 Å². The van der Waals surface area contributed by atoms with Crippen LogP contribution < -0.4 is 5.32 Å². The van der Waals surface area contributed by atoms with Crippen LogP contribution in [0.4, 0.5) is 11.6 Å². The minimum Gasteiger partial charge on any atom is -0.323 e. The van der Waals surface area contributed by atoms with E-state index in [-0.39, 0.29) is 0 Å². The Bertz CT molecular complexity index is 653. The topological polar surface area (TPSA) is 55.6 Å². The number of rotatable bonds is 2. The normalized spacial score (nSPS) is 10.6. The Morgan fingerprint density at radius 2 is 2.00 bits per heavy atom. The van der Waals surface area contributed by atoms with E-state index in [4.69, 9.17) is 0 Å². The molecule has 0 fully saturated rings. The first kappa shape index (κ1) is 9.77. The van der Waals surface area contributed by atoms with Gasteiger partial charge in [0.1, 0.15) is 12.1 Å². The average molecular weight is 225 g/mol. The second-order valence-corrected chi connectivity index (χ2v) is 3.74. The smallest absolute Gasteiger partial charge is 0.153 e. The van der Waals surface area contributed by atoms with E-state index in [1.54, 1.807) is 11.0 Å². The van der Waals surface area contributed by atoms with Crippen LogP contribution in [0.25, 0.3) is 10.9 Å². The zero-order valence-electron chi connectivity index (χ0n) is 9.33. The maximum absolute atomic E-state index is 4.26. The minimum atomic E-state index is 0.773. The average Bonchev–Trinajstić information content (AvgIpc) is 2.75. The highest BCUT2D eigenvalue weighted by Crippen LogP contribution is 2.21. The standard InChI is InChI=1S/C12H11N5/c1-17-7-6-11(16-17)15-12-9-4-2-3-5-10(9)13-8-14-12/h2-8H,1H3,(H,13,14,15,16). The van der Waals surface area contributed by atoms with Gasteiger partial charge in [-0.1, -0.05) is 12.1 Å². The fourth-order valence-corrected chi connectivity index (χ4v) is 1.71. The Labute approximate surface area is 98.1 Å². The Morgan fingerprint density at radius 1 is 1.12 bits per heavy atom. The van der Waals surface area contributed by atoms with Gasteiger partial charge in [0.15, 0.2) is 5.82 Å². The second-order valence-electron chi connectivity index (χ2n) is 3.74. The summed E-state index contributed by atoms with van der Waals surface area (Å²) in [4.78, 5) is 8.45. The number of nitrogens with one attached hydrogen (secondary N) is 1. The van der Waals surface area contributed by atoms with Crippen molar-refractivity contribution >= 4 is 22.5 Å². The Balaban J connectivity index is 2.05. The predicted molar refractivity (Wildman–Crippen MR) is 66.0 cm³/mol. The first-order chi connectivity index (χ1) is 8.33. The van der Waals surface area contributed by atoms with Crippen molar-refractivity contribution in [1.82, 2.24) is 19.7 Å². The van der Waals surface area contributed by atoms with Gasteiger partial charge in [0.05, 0.1) is 5.52 Å². The van der Waals surface area contributed by atoms with Gasteiger partial charge in [0.25, 0.3) is 0 Å². The third-order valence-corrected chi connectivity index (χ3v) is 2.50. The van der Waals surface area contributed by atoms with Crippen molar-refractivity contribution in [2.75, 3.05) is 5.32 Å². The van der Waals surface area contributed by atoms with E-state index in [1.165, 1.54) is 0 Å². The summed E-state index contributed by atoms with van der Waals surface area (Å²) in [6.07, 6.45) is 3.43. The van der Waals surface area contributed by atoms with Crippen molar-refractivity contribution in [3.05, 3.63) is 42.9 Å². The lowest BCUT2D eigenvalue weighted by Gasteiger charge is -2.04. The van der Waals surface area contributed by atoms with Crippen molar-refractivity contribution < 1.29 is 0 Å². The molecule has 17 heavy (non-hydrogen) atoms. The molecule has 0 radical (unpaired) electrons. The van der Waals surface area contributed by atoms with Gasteiger partial charge in [-0.2, -0.15) is 5.10 Å². The van der Waals surface area contributed by atoms with E-state index in [9.17, 15) is 0 Å². The van der Waals surface area contributed by atoms with Gasteiger partial charge >= 0.3 is 0 Å². The van der Waals surface area contributed by atoms with Crippen molar-refractivity contribution in [3.8, 4) is 0 Å². The maximum atomic E-state index is 4.26. The number of hydrogen-bond donors (Lipinski definition) is 1. The molecule has 3 aromatic rings. The minimum absolute atomic E-state index is 0.773. The summed E-state index contributed by atoms with van der Waals surface area (Å²) < 4.78 is 1.74. The van der Waals surface area contributed by atoms with E-state index in [0.717, 1.165) is 22.5 Å². The third kappa shape index (κ3) is 1.82. The fourth-order valence-electron chi connectivity index (χ4n) is 1.71. The molecule has 0 amide bonds. The fraction of sp³-hybridized carbons (Fsp3) is 0.0833. The van der Waals surface area contributed by atoms with Crippen molar-refractivity contribution in [2.24, 2.45) is 7.05 Å². The molecule has 5 nitrogen and oxygen atoms in total. The highest BCUT2D eigenvalue weighted by atomic mass is 15.3. The Kier molecular flexibility index (Phi) is 2.22. The number of para-hydroxylation sites is 1. The number of aromatic nitrogens is 4. The van der Waals surface area contributed by atoms with E-state index < -0.39 is 0 Å². The molecule has 0 aliphatic rings. The van der Waals surface area contributed by atoms with Crippen LogP contribution >= 0.6 is 0 Å². The highest BCUT2D eigenvalue weighted by Gasteiger charge is 2.04. The Morgan fingerprint density at radius 3 is 2.82 bits per heavy atom. The summed E-state index contributed by atoms with van der Waals surface area (Å²) >= 11 is 0. The largest absolute Gasteiger partial charge is 0.323 e. The summed E-state index contributed by atoms with van der Waals surface area (Å²) in [6.45, 7) is 0. The van der Waals surface area contributed by atoms with E-state index >= 15 is 0 Å². The molecule has 0 saturated heterocycles. The number of fused-ring (bicyclic) bond motifs is 1. The number of hydrogen-bond acceptors (Lipinski definition) is 4. The molecule has 0 spiro atoms. The molecular formula is C12H11N5. The lowest BCUT2D eigenvalue weighted by molar-refractivity contribution is 0.771. The van der Waals surface area contributed by atoms with Crippen LogP contribution in [0.3, 0.4) is 0 Å². The quantitative estimate of drug-likeness (QED) is 0.725. The summed E-state index contributed by atoms with van der Waals surface area (Å²) in [5.74, 6) is 1.55. The van der Waals surface area contributed by atoms with E-state index in [0.29, 0.717) is 0 Å². The van der Waals surface area contributed by atoms with Crippen molar-refractivity contribution in [1.29, 1.82) is 0 Å². The SMILES string of the molecule is Cn1ccc(Nc2ncnc3ccccc23)n1. The molecule has 3 rings (SSSR count). The molecule has 84 valence electrons. The van der Waals surface area contributed by atoms with Crippen LogP contribution in [0.2, 0.25) is 0 Å². The molecule has 5 heteroatoms. The maximum Gasteiger partial charge on any atom is 0.153 e. The van der Waals surface area contributed by atoms with E-state index in [1.807, 2.05) is 43.6 Å². The van der Waals surface area contributed by atoms with Crippen LogP contribution in [0.15, 0.2) is 42.9 Å². The second kappa shape index (κ2) is 3.86. The lowest BCUT2D eigenvalue weighted by atomic mass is 10.2. The monoisotopic (exact) mass is 225 g/mol. The summed E-state index contributed by atoms with van der Waals surface area (Å²) in [7, 11) is 1.88. The molecule has 0 aliphatic heterocycles. The van der Waals surface area contributed by atoms with Gasteiger partial charge < -0.3 is 5.32 Å². The number of nitrogens with zero attached hydrogens (tertiary/aromatic N) is 4.